The lowest BCUT2D eigenvalue weighted by Gasteiger charge is -2.14. The fourth-order valence-corrected chi connectivity index (χ4v) is 2.26. The van der Waals surface area contributed by atoms with Crippen LogP contribution in [0.2, 0.25) is 0 Å². The molecule has 0 spiro atoms. The smallest absolute Gasteiger partial charge is 0.362 e. The zero-order valence-corrected chi connectivity index (χ0v) is 13.6. The molecule has 0 saturated carbocycles. The summed E-state index contributed by atoms with van der Waals surface area (Å²) in [6.07, 6.45) is -2.80. The summed E-state index contributed by atoms with van der Waals surface area (Å²) in [6.45, 7) is 0.345. The molecule has 1 heterocycles. The van der Waals surface area contributed by atoms with Crippen molar-refractivity contribution in [2.75, 3.05) is 11.9 Å². The Morgan fingerprint density at radius 3 is 2.72 bits per heavy atom. The fourth-order valence-electron chi connectivity index (χ4n) is 2.06. The monoisotopic (exact) mass is 366 g/mol. The number of rotatable bonds is 5. The summed E-state index contributed by atoms with van der Waals surface area (Å²) in [5.74, 6) is -0.359. The second-order valence-corrected chi connectivity index (χ2v) is 5.25. The standard InChI is InChI=1S/C15H13F3N6S/c16-15(17,18)11-5-3-8-20-13(11)22-14(25)21-9-7-10-4-1-2-6-12(10)23-24-19/h1-6,8H,7,9H2,(H2,20,21,22,25). The SMILES string of the molecule is [N-]=[N+]=Nc1ccccc1CCNC(=S)Nc1ncccc1C(F)(F)F. The van der Waals surface area contributed by atoms with Crippen LogP contribution in [-0.2, 0) is 12.6 Å². The van der Waals surface area contributed by atoms with Gasteiger partial charge in [-0.1, -0.05) is 29.4 Å². The number of nitrogens with one attached hydrogen (secondary N) is 2. The molecule has 0 bridgehead atoms. The van der Waals surface area contributed by atoms with Gasteiger partial charge in [-0.05, 0) is 41.9 Å². The van der Waals surface area contributed by atoms with Crippen molar-refractivity contribution >= 4 is 28.8 Å². The van der Waals surface area contributed by atoms with E-state index in [1.165, 1.54) is 12.3 Å². The van der Waals surface area contributed by atoms with Gasteiger partial charge in [-0.3, -0.25) is 0 Å². The first-order valence-electron chi connectivity index (χ1n) is 7.12. The second kappa shape index (κ2) is 8.32. The van der Waals surface area contributed by atoms with Gasteiger partial charge in [0.15, 0.2) is 5.11 Å². The van der Waals surface area contributed by atoms with E-state index in [4.69, 9.17) is 17.7 Å². The molecule has 6 nitrogen and oxygen atoms in total. The van der Waals surface area contributed by atoms with E-state index in [2.05, 4.69) is 25.6 Å². The largest absolute Gasteiger partial charge is 0.419 e. The Morgan fingerprint density at radius 2 is 2.00 bits per heavy atom. The Balaban J connectivity index is 1.96. The molecule has 2 N–H and O–H groups in total. The van der Waals surface area contributed by atoms with Crippen LogP contribution in [0.15, 0.2) is 47.7 Å². The Morgan fingerprint density at radius 1 is 1.24 bits per heavy atom. The van der Waals surface area contributed by atoms with Crippen LogP contribution in [-0.4, -0.2) is 16.6 Å². The Bertz CT molecular complexity index is 802. The quantitative estimate of drug-likeness (QED) is 0.351. The highest BCUT2D eigenvalue weighted by Gasteiger charge is 2.34. The van der Waals surface area contributed by atoms with Crippen LogP contribution in [0.4, 0.5) is 24.7 Å². The number of pyridine rings is 1. The van der Waals surface area contributed by atoms with Gasteiger partial charge in [-0.25, -0.2) is 4.98 Å². The fraction of sp³-hybridized carbons (Fsp3) is 0.200. The van der Waals surface area contributed by atoms with E-state index in [0.29, 0.717) is 18.7 Å². The predicted octanol–water partition coefficient (Wildman–Crippen LogP) is 4.57. The summed E-state index contributed by atoms with van der Waals surface area (Å²) < 4.78 is 38.7. The lowest BCUT2D eigenvalue weighted by atomic mass is 10.1. The molecular formula is C15H13F3N6S. The maximum absolute atomic E-state index is 12.9. The van der Waals surface area contributed by atoms with E-state index < -0.39 is 11.7 Å². The van der Waals surface area contributed by atoms with Gasteiger partial charge < -0.3 is 10.6 Å². The molecule has 130 valence electrons. The summed E-state index contributed by atoms with van der Waals surface area (Å²) in [4.78, 5) is 6.43. The Hall–Kier alpha value is -2.84. The second-order valence-electron chi connectivity index (χ2n) is 4.85. The maximum Gasteiger partial charge on any atom is 0.419 e. The summed E-state index contributed by atoms with van der Waals surface area (Å²) in [7, 11) is 0. The first kappa shape index (κ1) is 18.5. The highest BCUT2D eigenvalue weighted by Crippen LogP contribution is 2.33. The average Bonchev–Trinajstić information content (AvgIpc) is 2.56. The van der Waals surface area contributed by atoms with Crippen LogP contribution in [0.1, 0.15) is 11.1 Å². The van der Waals surface area contributed by atoms with Crippen molar-refractivity contribution in [3.8, 4) is 0 Å². The molecule has 0 aliphatic heterocycles. The van der Waals surface area contributed by atoms with E-state index in [1.54, 1.807) is 24.3 Å². The van der Waals surface area contributed by atoms with Crippen molar-refractivity contribution in [2.24, 2.45) is 5.11 Å². The molecule has 0 saturated heterocycles. The van der Waals surface area contributed by atoms with Crippen LogP contribution in [0.25, 0.3) is 10.4 Å². The predicted molar refractivity (Wildman–Crippen MR) is 92.4 cm³/mol. The molecular weight excluding hydrogens is 353 g/mol. The molecule has 1 aromatic carbocycles. The summed E-state index contributed by atoms with van der Waals surface area (Å²) >= 11 is 5.01. The normalized spacial score (nSPS) is 10.7. The molecule has 0 atom stereocenters. The van der Waals surface area contributed by atoms with Crippen LogP contribution < -0.4 is 10.6 Å². The number of thiocarbonyl (C=S) groups is 1. The minimum atomic E-state index is -4.53. The number of hydrogen-bond acceptors (Lipinski definition) is 3. The molecule has 25 heavy (non-hydrogen) atoms. The van der Waals surface area contributed by atoms with Crippen molar-refractivity contribution < 1.29 is 13.2 Å². The van der Waals surface area contributed by atoms with E-state index in [0.717, 1.165) is 11.6 Å². The first-order valence-corrected chi connectivity index (χ1v) is 7.52. The molecule has 1 aromatic heterocycles. The van der Waals surface area contributed by atoms with Crippen molar-refractivity contribution in [3.63, 3.8) is 0 Å². The van der Waals surface area contributed by atoms with Gasteiger partial charge >= 0.3 is 6.18 Å². The minimum absolute atomic E-state index is 0.0189. The third kappa shape index (κ3) is 5.33. The Labute approximate surface area is 146 Å². The number of anilines is 1. The van der Waals surface area contributed by atoms with Gasteiger partial charge in [0.1, 0.15) is 5.82 Å². The third-order valence-electron chi connectivity index (χ3n) is 3.17. The van der Waals surface area contributed by atoms with Crippen molar-refractivity contribution in [3.05, 3.63) is 64.2 Å². The number of aromatic nitrogens is 1. The van der Waals surface area contributed by atoms with Crippen LogP contribution >= 0.6 is 12.2 Å². The van der Waals surface area contributed by atoms with E-state index in [9.17, 15) is 13.2 Å². The molecule has 0 fully saturated rings. The van der Waals surface area contributed by atoms with Crippen LogP contribution in [0, 0.1) is 0 Å². The number of halogens is 3. The lowest BCUT2D eigenvalue weighted by molar-refractivity contribution is -0.137. The summed E-state index contributed by atoms with van der Waals surface area (Å²) in [5.41, 5.74) is 8.92. The minimum Gasteiger partial charge on any atom is -0.362 e. The highest BCUT2D eigenvalue weighted by molar-refractivity contribution is 7.80. The van der Waals surface area contributed by atoms with Gasteiger partial charge in [-0.15, -0.1) is 0 Å². The third-order valence-corrected chi connectivity index (χ3v) is 3.42. The van der Waals surface area contributed by atoms with E-state index in [-0.39, 0.29) is 10.9 Å². The van der Waals surface area contributed by atoms with Crippen molar-refractivity contribution in [2.45, 2.75) is 12.6 Å². The molecule has 2 rings (SSSR count). The van der Waals surface area contributed by atoms with Gasteiger partial charge in [0.25, 0.3) is 0 Å². The van der Waals surface area contributed by atoms with Gasteiger partial charge in [0, 0.05) is 23.3 Å². The average molecular weight is 366 g/mol. The van der Waals surface area contributed by atoms with Crippen LogP contribution in [0.5, 0.6) is 0 Å². The van der Waals surface area contributed by atoms with Gasteiger partial charge in [0.2, 0.25) is 0 Å². The molecule has 10 heteroatoms. The Kier molecular flexibility index (Phi) is 6.15. The maximum atomic E-state index is 12.9. The number of benzene rings is 1. The lowest BCUT2D eigenvalue weighted by Crippen LogP contribution is -2.31. The topological polar surface area (TPSA) is 85.7 Å². The first-order chi connectivity index (χ1) is 11.9. The van der Waals surface area contributed by atoms with Crippen molar-refractivity contribution in [1.82, 2.24) is 10.3 Å². The zero-order chi connectivity index (χ0) is 18.3. The number of alkyl halides is 3. The van der Waals surface area contributed by atoms with Gasteiger partial charge in [0.05, 0.1) is 5.56 Å². The molecule has 0 amide bonds. The van der Waals surface area contributed by atoms with E-state index >= 15 is 0 Å². The number of azide groups is 1. The van der Waals surface area contributed by atoms with Gasteiger partial charge in [-0.2, -0.15) is 13.2 Å². The van der Waals surface area contributed by atoms with Crippen molar-refractivity contribution in [1.29, 1.82) is 0 Å². The highest BCUT2D eigenvalue weighted by atomic mass is 32.1. The molecule has 2 aromatic rings. The number of hydrogen-bond donors (Lipinski definition) is 2. The van der Waals surface area contributed by atoms with E-state index in [1.807, 2.05) is 0 Å². The zero-order valence-electron chi connectivity index (χ0n) is 12.8. The molecule has 0 aliphatic rings. The van der Waals surface area contributed by atoms with Crippen LogP contribution in [0.3, 0.4) is 0 Å². The summed E-state index contributed by atoms with van der Waals surface area (Å²) in [5, 5.41) is 8.86. The summed E-state index contributed by atoms with van der Waals surface area (Å²) in [6, 6.07) is 9.14. The molecule has 0 radical (unpaired) electrons. The molecule has 0 aliphatic carbocycles. The molecule has 0 unspecified atom stereocenters. The number of nitrogens with zero attached hydrogens (tertiary/aromatic N) is 4.